The van der Waals surface area contributed by atoms with Gasteiger partial charge in [-0.15, -0.1) is 0 Å². The van der Waals surface area contributed by atoms with Crippen LogP contribution in [0.15, 0.2) is 0 Å². The summed E-state index contributed by atoms with van der Waals surface area (Å²) in [7, 11) is 0. The molecule has 0 spiro atoms. The monoisotopic (exact) mass is 540 g/mol. The number of carbonyl (C=O) groups excluding carboxylic acids is 2. The molecule has 0 aromatic carbocycles. The van der Waals surface area contributed by atoms with Crippen LogP contribution in [0.2, 0.25) is 0 Å². The second-order valence-electron chi connectivity index (χ2n) is 12.2. The Bertz CT molecular complexity index is 531. The van der Waals surface area contributed by atoms with E-state index in [0.29, 0.717) is 12.8 Å². The first-order chi connectivity index (χ1) is 18.3. The van der Waals surface area contributed by atoms with Crippen molar-refractivity contribution in [1.82, 2.24) is 0 Å². The van der Waals surface area contributed by atoms with E-state index in [9.17, 15) is 14.7 Å². The molecule has 5 nitrogen and oxygen atoms in total. The van der Waals surface area contributed by atoms with Gasteiger partial charge in [-0.1, -0.05) is 143 Å². The second kappa shape index (κ2) is 27.5. The molecule has 0 bridgehead atoms. The molecule has 38 heavy (non-hydrogen) atoms. The molecule has 0 aliphatic carbocycles. The van der Waals surface area contributed by atoms with Crippen molar-refractivity contribution in [2.24, 2.45) is 11.8 Å². The van der Waals surface area contributed by atoms with Gasteiger partial charge in [0.25, 0.3) is 0 Å². The molecule has 0 saturated heterocycles. The molecular formula is C33H64O5. The van der Waals surface area contributed by atoms with Crippen LogP contribution in [-0.4, -0.2) is 36.4 Å². The van der Waals surface area contributed by atoms with Crippen molar-refractivity contribution in [3.63, 3.8) is 0 Å². The summed E-state index contributed by atoms with van der Waals surface area (Å²) in [5.74, 6) is 1.03. The van der Waals surface area contributed by atoms with Gasteiger partial charge in [-0.05, 0) is 24.7 Å². The average molecular weight is 541 g/mol. The van der Waals surface area contributed by atoms with Crippen LogP contribution in [0.25, 0.3) is 0 Å². The number of hydrogen-bond donors (Lipinski definition) is 1. The largest absolute Gasteiger partial charge is 0.462 e. The molecular weight excluding hydrogens is 476 g/mol. The summed E-state index contributed by atoms with van der Waals surface area (Å²) in [5, 5.41) is 9.47. The molecule has 0 aliphatic heterocycles. The van der Waals surface area contributed by atoms with Crippen molar-refractivity contribution in [3.05, 3.63) is 0 Å². The molecule has 0 aromatic rings. The summed E-state index contributed by atoms with van der Waals surface area (Å²) in [5.41, 5.74) is 0. The molecule has 0 aliphatic rings. The van der Waals surface area contributed by atoms with Crippen LogP contribution in [0.5, 0.6) is 0 Å². The molecule has 226 valence electrons. The van der Waals surface area contributed by atoms with Crippen LogP contribution in [-0.2, 0) is 19.1 Å². The van der Waals surface area contributed by atoms with Crippen molar-refractivity contribution in [2.75, 3.05) is 13.2 Å². The van der Waals surface area contributed by atoms with Crippen LogP contribution in [0.4, 0.5) is 0 Å². The molecule has 0 fully saturated rings. The molecule has 1 atom stereocenters. The van der Waals surface area contributed by atoms with E-state index in [2.05, 4.69) is 27.7 Å². The van der Waals surface area contributed by atoms with E-state index >= 15 is 0 Å². The summed E-state index contributed by atoms with van der Waals surface area (Å²) in [6.07, 6.45) is 24.6. The molecule has 5 heteroatoms. The Morgan fingerprint density at radius 2 is 0.868 bits per heavy atom. The summed E-state index contributed by atoms with van der Waals surface area (Å²) in [6, 6.07) is 0. The Kier molecular flexibility index (Phi) is 26.7. The Balaban J connectivity index is 3.55. The Morgan fingerprint density at radius 3 is 1.24 bits per heavy atom. The van der Waals surface area contributed by atoms with E-state index in [1.54, 1.807) is 0 Å². The van der Waals surface area contributed by atoms with Crippen molar-refractivity contribution in [1.29, 1.82) is 0 Å². The smallest absolute Gasteiger partial charge is 0.306 e. The average Bonchev–Trinajstić information content (AvgIpc) is 2.87. The van der Waals surface area contributed by atoms with E-state index in [4.69, 9.17) is 9.47 Å². The van der Waals surface area contributed by atoms with Crippen LogP contribution in [0.3, 0.4) is 0 Å². The summed E-state index contributed by atoms with van der Waals surface area (Å²) >= 11 is 0. The first-order valence-corrected chi connectivity index (χ1v) is 16.3. The zero-order chi connectivity index (χ0) is 28.3. The highest BCUT2D eigenvalue weighted by atomic mass is 16.6. The minimum atomic E-state index is -0.761. The summed E-state index contributed by atoms with van der Waals surface area (Å²) in [6.45, 7) is 8.74. The van der Waals surface area contributed by atoms with E-state index in [1.165, 1.54) is 89.9 Å². The number of carbonyl (C=O) groups is 2. The van der Waals surface area contributed by atoms with Crippen molar-refractivity contribution >= 4 is 11.9 Å². The second-order valence-corrected chi connectivity index (χ2v) is 12.2. The lowest BCUT2D eigenvalue weighted by molar-refractivity contribution is -0.161. The molecule has 0 aromatic heterocycles. The zero-order valence-electron chi connectivity index (χ0n) is 25.8. The quantitative estimate of drug-likeness (QED) is 0.0790. The Morgan fingerprint density at radius 1 is 0.526 bits per heavy atom. The number of unbranched alkanes of at least 4 members (excludes halogenated alkanes) is 16. The van der Waals surface area contributed by atoms with Crippen LogP contribution >= 0.6 is 0 Å². The highest BCUT2D eigenvalue weighted by Crippen LogP contribution is 2.15. The van der Waals surface area contributed by atoms with E-state index in [0.717, 1.165) is 50.4 Å². The van der Waals surface area contributed by atoms with Crippen LogP contribution in [0, 0.1) is 11.8 Å². The normalized spacial score (nSPS) is 12.3. The topological polar surface area (TPSA) is 72.8 Å². The van der Waals surface area contributed by atoms with Gasteiger partial charge in [-0.25, -0.2) is 0 Å². The van der Waals surface area contributed by atoms with Gasteiger partial charge < -0.3 is 14.6 Å². The first kappa shape index (κ1) is 36.9. The maximum atomic E-state index is 12.1. The van der Waals surface area contributed by atoms with Gasteiger partial charge in [0.05, 0.1) is 6.61 Å². The lowest BCUT2D eigenvalue weighted by atomic mass is 10.0. The molecule has 0 radical (unpaired) electrons. The molecule has 1 N–H and O–H groups in total. The van der Waals surface area contributed by atoms with E-state index in [-0.39, 0.29) is 25.2 Å². The minimum absolute atomic E-state index is 0.0613. The fraction of sp³-hybridized carbons (Fsp3) is 0.939. The number of aliphatic hydroxyl groups excluding tert-OH is 1. The molecule has 0 amide bonds. The Hall–Kier alpha value is -1.10. The van der Waals surface area contributed by atoms with Gasteiger partial charge in [0.2, 0.25) is 0 Å². The molecule has 0 unspecified atom stereocenters. The molecule has 0 saturated carbocycles. The van der Waals surface area contributed by atoms with Gasteiger partial charge in [-0.2, -0.15) is 0 Å². The SMILES string of the molecule is CC(C)CCCCCCCCCCCCCCC(=O)O[C@@H](CO)COC(=O)CCCCCCCCC(C)C. The lowest BCUT2D eigenvalue weighted by Gasteiger charge is -2.15. The fourth-order valence-corrected chi connectivity index (χ4v) is 4.75. The standard InChI is InChI=1S/C33H64O5/c1-29(2)23-19-15-11-9-7-5-6-8-10-12-18-22-26-33(36)38-31(27-34)28-37-32(35)25-21-17-14-13-16-20-24-30(3)4/h29-31,34H,5-28H2,1-4H3/t31-/m0/s1. The number of hydrogen-bond acceptors (Lipinski definition) is 5. The molecule has 0 heterocycles. The third-order valence-electron chi connectivity index (χ3n) is 7.26. The molecule has 0 rings (SSSR count). The van der Waals surface area contributed by atoms with Crippen LogP contribution < -0.4 is 0 Å². The zero-order valence-corrected chi connectivity index (χ0v) is 25.8. The highest BCUT2D eigenvalue weighted by Gasteiger charge is 2.16. The van der Waals surface area contributed by atoms with Crippen molar-refractivity contribution in [3.8, 4) is 0 Å². The third-order valence-corrected chi connectivity index (χ3v) is 7.26. The fourth-order valence-electron chi connectivity index (χ4n) is 4.75. The number of aliphatic hydroxyl groups is 1. The predicted octanol–water partition coefficient (Wildman–Crippen LogP) is 9.33. The van der Waals surface area contributed by atoms with Crippen molar-refractivity contribution in [2.45, 2.75) is 175 Å². The minimum Gasteiger partial charge on any atom is -0.462 e. The van der Waals surface area contributed by atoms with Gasteiger partial charge in [0, 0.05) is 12.8 Å². The van der Waals surface area contributed by atoms with Gasteiger partial charge >= 0.3 is 11.9 Å². The number of rotatable bonds is 28. The number of esters is 2. The first-order valence-electron chi connectivity index (χ1n) is 16.3. The Labute approximate surface area is 236 Å². The maximum absolute atomic E-state index is 12.1. The van der Waals surface area contributed by atoms with Gasteiger partial charge in [0.15, 0.2) is 6.10 Å². The van der Waals surface area contributed by atoms with E-state index in [1.807, 2.05) is 0 Å². The summed E-state index contributed by atoms with van der Waals surface area (Å²) < 4.78 is 10.5. The van der Waals surface area contributed by atoms with Gasteiger partial charge in [0.1, 0.15) is 6.61 Å². The summed E-state index contributed by atoms with van der Waals surface area (Å²) in [4.78, 5) is 24.0. The van der Waals surface area contributed by atoms with E-state index < -0.39 is 6.10 Å². The maximum Gasteiger partial charge on any atom is 0.306 e. The third kappa shape index (κ3) is 27.9. The highest BCUT2D eigenvalue weighted by molar-refractivity contribution is 5.70. The predicted molar refractivity (Wildman–Crippen MR) is 159 cm³/mol. The number of ether oxygens (including phenoxy) is 2. The lowest BCUT2D eigenvalue weighted by Crippen LogP contribution is -2.28. The van der Waals surface area contributed by atoms with Gasteiger partial charge in [-0.3, -0.25) is 9.59 Å². The van der Waals surface area contributed by atoms with Crippen LogP contribution in [0.1, 0.15) is 169 Å². The van der Waals surface area contributed by atoms with Crippen molar-refractivity contribution < 1.29 is 24.2 Å².